The highest BCUT2D eigenvalue weighted by atomic mass is 16.4. The molecular formula is C10H9NO3. The van der Waals surface area contributed by atoms with E-state index in [9.17, 15) is 4.79 Å². The number of benzene rings is 1. The molecule has 4 nitrogen and oxygen atoms in total. The summed E-state index contributed by atoms with van der Waals surface area (Å²) in [5.74, 6) is 0. The van der Waals surface area contributed by atoms with Crippen molar-refractivity contribution in [3.8, 4) is 0 Å². The molecule has 1 aromatic carbocycles. The zero-order valence-corrected chi connectivity index (χ0v) is 7.36. The van der Waals surface area contributed by atoms with Gasteiger partial charge in [0.15, 0.2) is 0 Å². The fourth-order valence-electron chi connectivity index (χ4n) is 1.36. The van der Waals surface area contributed by atoms with Gasteiger partial charge in [-0.15, -0.1) is 0 Å². The minimum absolute atomic E-state index is 0.177. The second kappa shape index (κ2) is 3.16. The van der Waals surface area contributed by atoms with Crippen molar-refractivity contribution >= 4 is 16.7 Å². The van der Waals surface area contributed by atoms with Crippen molar-refractivity contribution in [3.05, 3.63) is 40.2 Å². The molecule has 0 atom stereocenters. The van der Waals surface area contributed by atoms with Crippen LogP contribution in [0.5, 0.6) is 0 Å². The van der Waals surface area contributed by atoms with Crippen LogP contribution in [0.25, 0.3) is 11.0 Å². The highest BCUT2D eigenvalue weighted by Gasteiger charge is 2.05. The summed E-state index contributed by atoms with van der Waals surface area (Å²) in [5, 5.41) is 9.66. The topological polar surface area (TPSA) is 76.5 Å². The van der Waals surface area contributed by atoms with Crippen LogP contribution in [0.2, 0.25) is 0 Å². The molecule has 0 amide bonds. The molecule has 0 saturated heterocycles. The molecule has 14 heavy (non-hydrogen) atoms. The van der Waals surface area contributed by atoms with Crippen LogP contribution in [0.15, 0.2) is 33.5 Å². The molecule has 0 radical (unpaired) electrons. The van der Waals surface area contributed by atoms with Crippen LogP contribution in [0.3, 0.4) is 0 Å². The third-order valence-electron chi connectivity index (χ3n) is 2.07. The fourth-order valence-corrected chi connectivity index (χ4v) is 1.36. The molecule has 1 aromatic heterocycles. The van der Waals surface area contributed by atoms with Gasteiger partial charge in [0.2, 0.25) is 0 Å². The monoisotopic (exact) mass is 191 g/mol. The Morgan fingerprint density at radius 3 is 2.79 bits per heavy atom. The zero-order valence-electron chi connectivity index (χ0n) is 7.36. The molecule has 4 heteroatoms. The van der Waals surface area contributed by atoms with Crippen LogP contribution in [0.1, 0.15) is 5.56 Å². The van der Waals surface area contributed by atoms with E-state index < -0.39 is 5.63 Å². The molecule has 2 rings (SSSR count). The van der Waals surface area contributed by atoms with Crippen LogP contribution in [-0.2, 0) is 6.61 Å². The van der Waals surface area contributed by atoms with Crippen LogP contribution in [-0.4, -0.2) is 5.11 Å². The Hall–Kier alpha value is -1.81. The van der Waals surface area contributed by atoms with Crippen molar-refractivity contribution in [2.45, 2.75) is 6.61 Å². The molecule has 0 spiro atoms. The molecule has 0 aliphatic heterocycles. The molecule has 0 aliphatic rings. The van der Waals surface area contributed by atoms with Gasteiger partial charge in [-0.25, -0.2) is 4.79 Å². The Morgan fingerprint density at radius 1 is 1.29 bits per heavy atom. The molecular weight excluding hydrogens is 182 g/mol. The maximum Gasteiger partial charge on any atom is 0.336 e. The Labute approximate surface area is 79.6 Å². The molecule has 2 aromatic rings. The van der Waals surface area contributed by atoms with Gasteiger partial charge in [0.05, 0.1) is 6.61 Å². The normalized spacial score (nSPS) is 10.6. The van der Waals surface area contributed by atoms with Gasteiger partial charge >= 0.3 is 5.63 Å². The van der Waals surface area contributed by atoms with Gasteiger partial charge in [-0.2, -0.15) is 0 Å². The predicted octanol–water partition coefficient (Wildman–Crippen LogP) is 0.868. The quantitative estimate of drug-likeness (QED) is 0.518. The molecule has 0 fully saturated rings. The van der Waals surface area contributed by atoms with Gasteiger partial charge in [0.25, 0.3) is 0 Å². The van der Waals surface area contributed by atoms with Crippen molar-refractivity contribution in [1.82, 2.24) is 0 Å². The largest absolute Gasteiger partial charge is 0.422 e. The summed E-state index contributed by atoms with van der Waals surface area (Å²) in [4.78, 5) is 11.0. The van der Waals surface area contributed by atoms with Crippen molar-refractivity contribution in [2.75, 3.05) is 5.73 Å². The maximum atomic E-state index is 11.0. The minimum atomic E-state index is -0.446. The molecule has 3 N–H and O–H groups in total. The summed E-state index contributed by atoms with van der Waals surface area (Å²) in [6.07, 6.45) is 0. The molecule has 1 heterocycles. The lowest BCUT2D eigenvalue weighted by Gasteiger charge is -2.03. The van der Waals surface area contributed by atoms with E-state index >= 15 is 0 Å². The molecule has 0 unspecified atom stereocenters. The number of fused-ring (bicyclic) bond motifs is 1. The first kappa shape index (κ1) is 8.77. The van der Waals surface area contributed by atoms with Gasteiger partial charge in [0, 0.05) is 22.7 Å². The van der Waals surface area contributed by atoms with Crippen LogP contribution in [0, 0.1) is 0 Å². The number of hydrogen-bond acceptors (Lipinski definition) is 4. The third-order valence-corrected chi connectivity index (χ3v) is 2.07. The Morgan fingerprint density at radius 2 is 2.07 bits per heavy atom. The van der Waals surface area contributed by atoms with E-state index in [2.05, 4.69) is 0 Å². The van der Waals surface area contributed by atoms with E-state index in [4.69, 9.17) is 15.3 Å². The second-order valence-corrected chi connectivity index (χ2v) is 2.97. The first-order chi connectivity index (χ1) is 6.72. The fraction of sp³-hybridized carbons (Fsp3) is 0.100. The Bertz CT molecular complexity index is 530. The zero-order chi connectivity index (χ0) is 10.1. The first-order valence-corrected chi connectivity index (χ1v) is 4.14. The summed E-state index contributed by atoms with van der Waals surface area (Å²) in [5.41, 5.74) is 6.69. The summed E-state index contributed by atoms with van der Waals surface area (Å²) in [6, 6.07) is 6.21. The lowest BCUT2D eigenvalue weighted by Crippen LogP contribution is -1.99. The number of rotatable bonds is 1. The van der Waals surface area contributed by atoms with E-state index in [1.54, 1.807) is 18.2 Å². The highest BCUT2D eigenvalue weighted by molar-refractivity contribution is 5.90. The van der Waals surface area contributed by atoms with Crippen molar-refractivity contribution < 1.29 is 9.52 Å². The average Bonchev–Trinajstić information content (AvgIpc) is 2.18. The van der Waals surface area contributed by atoms with E-state index in [1.807, 2.05) is 0 Å². The summed E-state index contributed by atoms with van der Waals surface area (Å²) in [7, 11) is 0. The van der Waals surface area contributed by atoms with Crippen LogP contribution in [0.4, 0.5) is 5.69 Å². The summed E-state index contributed by atoms with van der Waals surface area (Å²) < 4.78 is 4.97. The van der Waals surface area contributed by atoms with Crippen molar-refractivity contribution in [2.24, 2.45) is 0 Å². The highest BCUT2D eigenvalue weighted by Crippen LogP contribution is 2.22. The first-order valence-electron chi connectivity index (χ1n) is 4.14. The van der Waals surface area contributed by atoms with Crippen molar-refractivity contribution in [3.63, 3.8) is 0 Å². The standard InChI is InChI=1S/C10H9NO3/c11-8-3-1-6(5-12)10-7(8)2-4-9(13)14-10/h1-4,12H,5,11H2. The number of hydrogen-bond donors (Lipinski definition) is 2. The number of aliphatic hydroxyl groups is 1. The molecule has 0 bridgehead atoms. The summed E-state index contributed by atoms with van der Waals surface area (Å²) >= 11 is 0. The number of aliphatic hydroxyl groups excluding tert-OH is 1. The SMILES string of the molecule is Nc1ccc(CO)c2oc(=O)ccc12. The average molecular weight is 191 g/mol. The van der Waals surface area contributed by atoms with Gasteiger partial charge < -0.3 is 15.3 Å². The van der Waals surface area contributed by atoms with E-state index in [-0.39, 0.29) is 6.61 Å². The number of nitrogen functional groups attached to an aromatic ring is 1. The maximum absolute atomic E-state index is 11.0. The Balaban J connectivity index is 2.92. The van der Waals surface area contributed by atoms with Gasteiger partial charge in [-0.05, 0) is 12.1 Å². The second-order valence-electron chi connectivity index (χ2n) is 2.97. The molecule has 0 saturated carbocycles. The third kappa shape index (κ3) is 1.25. The summed E-state index contributed by atoms with van der Waals surface area (Å²) in [6.45, 7) is -0.177. The van der Waals surface area contributed by atoms with Gasteiger partial charge in [0.1, 0.15) is 5.58 Å². The van der Waals surface area contributed by atoms with E-state index in [1.165, 1.54) is 6.07 Å². The lowest BCUT2D eigenvalue weighted by atomic mass is 10.1. The predicted molar refractivity (Wildman–Crippen MR) is 52.8 cm³/mol. The minimum Gasteiger partial charge on any atom is -0.422 e. The lowest BCUT2D eigenvalue weighted by molar-refractivity contribution is 0.281. The molecule has 0 aliphatic carbocycles. The number of nitrogens with two attached hydrogens (primary N) is 1. The van der Waals surface area contributed by atoms with Crippen LogP contribution >= 0.6 is 0 Å². The van der Waals surface area contributed by atoms with E-state index in [0.717, 1.165) is 0 Å². The smallest absolute Gasteiger partial charge is 0.336 e. The number of anilines is 1. The van der Waals surface area contributed by atoms with Gasteiger partial charge in [-0.3, -0.25) is 0 Å². The van der Waals surface area contributed by atoms with Crippen molar-refractivity contribution in [1.29, 1.82) is 0 Å². The van der Waals surface area contributed by atoms with Gasteiger partial charge in [-0.1, -0.05) is 6.07 Å². The van der Waals surface area contributed by atoms with E-state index in [0.29, 0.717) is 22.2 Å². The Kier molecular flexibility index (Phi) is 1.98. The van der Waals surface area contributed by atoms with Crippen LogP contribution < -0.4 is 11.4 Å². The molecule has 72 valence electrons.